The van der Waals surface area contributed by atoms with E-state index in [4.69, 9.17) is 21.6 Å². The van der Waals surface area contributed by atoms with Crippen molar-refractivity contribution in [3.05, 3.63) is 51.9 Å². The lowest BCUT2D eigenvalue weighted by molar-refractivity contribution is 0.216. The molecule has 4 nitrogen and oxygen atoms in total. The quantitative estimate of drug-likeness (QED) is 0.862. The summed E-state index contributed by atoms with van der Waals surface area (Å²) in [7, 11) is 0. The van der Waals surface area contributed by atoms with Crippen LogP contribution in [0.3, 0.4) is 0 Å². The number of hydrogen-bond acceptors (Lipinski definition) is 4. The van der Waals surface area contributed by atoms with Crippen LogP contribution in [-0.4, -0.2) is 9.97 Å². The van der Waals surface area contributed by atoms with Gasteiger partial charge in [0, 0.05) is 0 Å². The Morgan fingerprint density at radius 1 is 1.20 bits per heavy atom. The Hall–Kier alpha value is -2.12. The van der Waals surface area contributed by atoms with Gasteiger partial charge in [-0.1, -0.05) is 23.7 Å². The van der Waals surface area contributed by atoms with Gasteiger partial charge in [0.1, 0.15) is 17.0 Å². The van der Waals surface area contributed by atoms with Crippen LogP contribution in [-0.2, 0) is 0 Å². The fourth-order valence-corrected chi connectivity index (χ4v) is 1.94. The van der Waals surface area contributed by atoms with Gasteiger partial charge in [-0.3, -0.25) is 0 Å². The van der Waals surface area contributed by atoms with Crippen LogP contribution in [0.1, 0.15) is 35.7 Å². The molecule has 0 radical (unpaired) electrons. The Labute approximate surface area is 123 Å². The molecule has 0 saturated heterocycles. The predicted octanol–water partition coefficient (Wildman–Crippen LogP) is 3.76. The van der Waals surface area contributed by atoms with Gasteiger partial charge in [-0.25, -0.2) is 4.98 Å². The Bertz CT molecular complexity index is 662. The molecule has 5 heteroatoms. The van der Waals surface area contributed by atoms with Gasteiger partial charge in [0.2, 0.25) is 5.88 Å². The van der Waals surface area contributed by atoms with Gasteiger partial charge in [-0.15, -0.1) is 0 Å². The summed E-state index contributed by atoms with van der Waals surface area (Å²) in [5.41, 5.74) is 2.27. The maximum atomic E-state index is 8.78. The fraction of sp³-hybridized carbons (Fsp3) is 0.267. The zero-order valence-corrected chi connectivity index (χ0v) is 12.3. The first kappa shape index (κ1) is 14.3. The Morgan fingerprint density at radius 3 is 2.45 bits per heavy atom. The van der Waals surface area contributed by atoms with E-state index < -0.39 is 0 Å². The zero-order chi connectivity index (χ0) is 14.7. The molecule has 20 heavy (non-hydrogen) atoms. The first-order valence-electron chi connectivity index (χ1n) is 6.18. The molecule has 0 aliphatic heterocycles. The van der Waals surface area contributed by atoms with Gasteiger partial charge in [0.25, 0.3) is 0 Å². The Balaban J connectivity index is 2.23. The minimum atomic E-state index is -0.214. The number of aryl methyl sites for hydroxylation is 2. The van der Waals surface area contributed by atoms with Crippen molar-refractivity contribution in [2.24, 2.45) is 0 Å². The van der Waals surface area contributed by atoms with E-state index in [-0.39, 0.29) is 6.10 Å². The lowest BCUT2D eigenvalue weighted by Gasteiger charge is -2.16. The summed E-state index contributed by atoms with van der Waals surface area (Å²) in [6.07, 6.45) is -0.214. The fourth-order valence-electron chi connectivity index (χ4n) is 1.81. The highest BCUT2D eigenvalue weighted by molar-refractivity contribution is 6.32. The minimum absolute atomic E-state index is 0.214. The van der Waals surface area contributed by atoms with Crippen LogP contribution >= 0.6 is 11.6 Å². The highest BCUT2D eigenvalue weighted by Crippen LogP contribution is 2.28. The standard InChI is InChI=1S/C15H14ClN3O/c1-9-14(16)15(19-11(3)18-9)20-10(2)13-6-4-12(8-17)5-7-13/h4-7,10H,1-3H3/t10-/m0/s1. The maximum Gasteiger partial charge on any atom is 0.236 e. The normalized spacial score (nSPS) is 11.8. The summed E-state index contributed by atoms with van der Waals surface area (Å²) in [4.78, 5) is 8.39. The maximum absolute atomic E-state index is 8.78. The van der Waals surface area contributed by atoms with Crippen molar-refractivity contribution in [1.82, 2.24) is 9.97 Å². The second-order valence-electron chi connectivity index (χ2n) is 4.47. The largest absolute Gasteiger partial charge is 0.469 e. The molecular weight excluding hydrogens is 274 g/mol. The number of ether oxygens (including phenoxy) is 1. The van der Waals surface area contributed by atoms with Crippen molar-refractivity contribution in [3.63, 3.8) is 0 Å². The van der Waals surface area contributed by atoms with Crippen molar-refractivity contribution in [2.45, 2.75) is 26.9 Å². The summed E-state index contributed by atoms with van der Waals surface area (Å²) in [5, 5.41) is 9.21. The number of benzene rings is 1. The summed E-state index contributed by atoms with van der Waals surface area (Å²) in [6, 6.07) is 9.32. The van der Waals surface area contributed by atoms with Gasteiger partial charge in [0.15, 0.2) is 0 Å². The van der Waals surface area contributed by atoms with Crippen LogP contribution in [0.25, 0.3) is 0 Å². The molecule has 0 bridgehead atoms. The number of halogens is 1. The molecule has 1 heterocycles. The number of nitriles is 1. The monoisotopic (exact) mass is 287 g/mol. The van der Waals surface area contributed by atoms with E-state index in [0.29, 0.717) is 28.0 Å². The van der Waals surface area contributed by atoms with E-state index in [0.717, 1.165) is 5.56 Å². The lowest BCUT2D eigenvalue weighted by atomic mass is 10.1. The summed E-state index contributed by atoms with van der Waals surface area (Å²) >= 11 is 6.15. The van der Waals surface area contributed by atoms with Crippen molar-refractivity contribution in [3.8, 4) is 11.9 Å². The number of rotatable bonds is 3. The molecule has 1 aromatic carbocycles. The molecule has 1 aromatic heterocycles. The second kappa shape index (κ2) is 5.89. The average molecular weight is 288 g/mol. The van der Waals surface area contributed by atoms with Crippen LogP contribution in [0.5, 0.6) is 5.88 Å². The summed E-state index contributed by atoms with van der Waals surface area (Å²) < 4.78 is 5.80. The molecule has 0 fully saturated rings. The molecular formula is C15H14ClN3O. The first-order chi connectivity index (χ1) is 9.51. The molecule has 102 valence electrons. The number of nitrogens with zero attached hydrogens (tertiary/aromatic N) is 3. The average Bonchev–Trinajstić information content (AvgIpc) is 2.44. The van der Waals surface area contributed by atoms with E-state index in [2.05, 4.69) is 16.0 Å². The summed E-state index contributed by atoms with van der Waals surface area (Å²) in [6.45, 7) is 5.52. The molecule has 0 aliphatic rings. The van der Waals surface area contributed by atoms with Crippen LogP contribution < -0.4 is 4.74 Å². The topological polar surface area (TPSA) is 58.8 Å². The minimum Gasteiger partial charge on any atom is -0.469 e. The van der Waals surface area contributed by atoms with Crippen LogP contribution in [0.4, 0.5) is 0 Å². The van der Waals surface area contributed by atoms with Crippen molar-refractivity contribution in [1.29, 1.82) is 5.26 Å². The van der Waals surface area contributed by atoms with E-state index in [1.165, 1.54) is 0 Å². The van der Waals surface area contributed by atoms with Gasteiger partial charge >= 0.3 is 0 Å². The van der Waals surface area contributed by atoms with Crippen molar-refractivity contribution in [2.75, 3.05) is 0 Å². The zero-order valence-electron chi connectivity index (χ0n) is 11.5. The molecule has 0 spiro atoms. The third-order valence-corrected chi connectivity index (χ3v) is 3.33. The first-order valence-corrected chi connectivity index (χ1v) is 6.56. The Morgan fingerprint density at radius 2 is 1.85 bits per heavy atom. The SMILES string of the molecule is Cc1nc(C)c(Cl)c(O[C@@H](C)c2ccc(C#N)cc2)n1. The van der Waals surface area contributed by atoms with Gasteiger partial charge in [0.05, 0.1) is 17.3 Å². The van der Waals surface area contributed by atoms with Gasteiger partial charge in [-0.2, -0.15) is 10.2 Å². The van der Waals surface area contributed by atoms with E-state index in [1.807, 2.05) is 26.0 Å². The predicted molar refractivity (Wildman–Crippen MR) is 76.7 cm³/mol. The Kier molecular flexibility index (Phi) is 4.21. The summed E-state index contributed by atoms with van der Waals surface area (Å²) in [5.74, 6) is 1.00. The van der Waals surface area contributed by atoms with Gasteiger partial charge in [-0.05, 0) is 38.5 Å². The molecule has 0 N–H and O–H groups in total. The van der Waals surface area contributed by atoms with E-state index in [9.17, 15) is 0 Å². The lowest BCUT2D eigenvalue weighted by Crippen LogP contribution is -2.07. The van der Waals surface area contributed by atoms with Crippen LogP contribution in [0.15, 0.2) is 24.3 Å². The number of aromatic nitrogens is 2. The third-order valence-electron chi connectivity index (χ3n) is 2.90. The molecule has 0 aliphatic carbocycles. The molecule has 2 aromatic rings. The molecule has 2 rings (SSSR count). The molecule has 0 saturated carbocycles. The molecule has 0 amide bonds. The smallest absolute Gasteiger partial charge is 0.236 e. The third kappa shape index (κ3) is 3.06. The van der Waals surface area contributed by atoms with Crippen molar-refractivity contribution < 1.29 is 4.74 Å². The highest BCUT2D eigenvalue weighted by Gasteiger charge is 2.14. The van der Waals surface area contributed by atoms with Crippen LogP contribution in [0.2, 0.25) is 5.02 Å². The van der Waals surface area contributed by atoms with Crippen molar-refractivity contribution >= 4 is 11.6 Å². The van der Waals surface area contributed by atoms with E-state index in [1.54, 1.807) is 19.1 Å². The second-order valence-corrected chi connectivity index (χ2v) is 4.85. The van der Waals surface area contributed by atoms with E-state index >= 15 is 0 Å². The van der Waals surface area contributed by atoms with Crippen LogP contribution in [0, 0.1) is 25.2 Å². The number of hydrogen-bond donors (Lipinski definition) is 0. The highest BCUT2D eigenvalue weighted by atomic mass is 35.5. The van der Waals surface area contributed by atoms with Gasteiger partial charge < -0.3 is 4.74 Å². The molecule has 0 unspecified atom stereocenters. The molecule has 1 atom stereocenters.